The first-order valence-electron chi connectivity index (χ1n) is 10.8. The topological polar surface area (TPSA) is 88.8 Å². The van der Waals surface area contributed by atoms with E-state index >= 15 is 0 Å². The van der Waals surface area contributed by atoms with Crippen molar-refractivity contribution in [3.8, 4) is 5.75 Å². The monoisotopic (exact) mass is 441 g/mol. The lowest BCUT2D eigenvalue weighted by Gasteiger charge is -2.30. The lowest BCUT2D eigenvalue weighted by atomic mass is 9.96. The Balaban J connectivity index is 1.37. The number of ether oxygens (including phenoxy) is 1. The maximum absolute atomic E-state index is 12.7. The van der Waals surface area contributed by atoms with Crippen LogP contribution < -0.4 is 20.5 Å². The molecule has 1 aliphatic heterocycles. The minimum atomic E-state index is -0.138. The van der Waals surface area contributed by atoms with Gasteiger partial charge in [0, 0.05) is 36.5 Å². The highest BCUT2D eigenvalue weighted by molar-refractivity contribution is 7.20. The van der Waals surface area contributed by atoms with Gasteiger partial charge in [0.25, 0.3) is 5.56 Å². The molecule has 1 fully saturated rings. The molecule has 8 nitrogen and oxygen atoms in total. The lowest BCUT2D eigenvalue weighted by molar-refractivity contribution is -0.120. The Morgan fingerprint density at radius 1 is 1.23 bits per heavy atom. The predicted molar refractivity (Wildman–Crippen MR) is 122 cm³/mol. The number of carbonyl (C=O) groups is 1. The highest BCUT2D eigenvalue weighted by Gasteiger charge is 2.27. The number of fused-ring (bicyclic) bond motifs is 1. The van der Waals surface area contributed by atoms with Crippen LogP contribution in [-0.2, 0) is 11.2 Å². The molecule has 0 bridgehead atoms. The molecule has 1 amide bonds. The molecule has 0 atom stereocenters. The van der Waals surface area contributed by atoms with E-state index in [0.717, 1.165) is 61.0 Å². The highest BCUT2D eigenvalue weighted by atomic mass is 32.1. The summed E-state index contributed by atoms with van der Waals surface area (Å²) in [7, 11) is 0. The standard InChI is InChI=1S/C22H27N5O3S/c1-3-5-17-14-19(28)27-21(24-17)31-22(25-27)26-12-10-15(11-13-26)20(29)23-16-6-8-18(9-7-16)30-4-2/h6-9,14-15H,3-5,10-13H2,1-2H3,(H,23,29). The molecular weight excluding hydrogens is 414 g/mol. The average molecular weight is 442 g/mol. The molecule has 1 aliphatic rings. The molecule has 0 saturated carbocycles. The van der Waals surface area contributed by atoms with Gasteiger partial charge in [-0.25, -0.2) is 4.98 Å². The summed E-state index contributed by atoms with van der Waals surface area (Å²) in [5.74, 6) is 0.782. The fraction of sp³-hybridized carbons (Fsp3) is 0.455. The van der Waals surface area contributed by atoms with Crippen LogP contribution in [0.1, 0.15) is 38.8 Å². The van der Waals surface area contributed by atoms with Gasteiger partial charge in [0.15, 0.2) is 0 Å². The van der Waals surface area contributed by atoms with E-state index in [4.69, 9.17) is 4.74 Å². The van der Waals surface area contributed by atoms with Gasteiger partial charge in [0.05, 0.1) is 6.61 Å². The number of nitrogens with zero attached hydrogens (tertiary/aromatic N) is 4. The number of aromatic nitrogens is 3. The van der Waals surface area contributed by atoms with Crippen molar-refractivity contribution in [3.63, 3.8) is 0 Å². The zero-order valence-electron chi connectivity index (χ0n) is 17.8. The van der Waals surface area contributed by atoms with Gasteiger partial charge in [-0.05, 0) is 50.5 Å². The quantitative estimate of drug-likeness (QED) is 0.605. The van der Waals surface area contributed by atoms with E-state index in [1.807, 2.05) is 31.2 Å². The van der Waals surface area contributed by atoms with Crippen LogP contribution >= 0.6 is 11.3 Å². The SMILES string of the molecule is CCCc1cc(=O)n2nc(N3CCC(C(=O)Nc4ccc(OCC)cc4)CC3)sc2n1. The van der Waals surface area contributed by atoms with Crippen LogP contribution in [0.15, 0.2) is 35.1 Å². The Morgan fingerprint density at radius 2 is 1.97 bits per heavy atom. The molecule has 0 aliphatic carbocycles. The summed E-state index contributed by atoms with van der Waals surface area (Å²) in [6.45, 7) is 6.06. The molecule has 1 aromatic carbocycles. The minimum Gasteiger partial charge on any atom is -0.494 e. The first kappa shape index (κ1) is 21.3. The van der Waals surface area contributed by atoms with Gasteiger partial charge in [-0.1, -0.05) is 24.7 Å². The average Bonchev–Trinajstić information content (AvgIpc) is 3.20. The number of nitrogens with one attached hydrogen (secondary N) is 1. The van der Waals surface area contributed by atoms with E-state index in [9.17, 15) is 9.59 Å². The van der Waals surface area contributed by atoms with Gasteiger partial charge in [0.2, 0.25) is 16.0 Å². The number of amides is 1. The van der Waals surface area contributed by atoms with E-state index in [2.05, 4.69) is 27.2 Å². The summed E-state index contributed by atoms with van der Waals surface area (Å²) in [5.41, 5.74) is 1.45. The van der Waals surface area contributed by atoms with Crippen LogP contribution in [0.25, 0.3) is 4.96 Å². The molecule has 31 heavy (non-hydrogen) atoms. The summed E-state index contributed by atoms with van der Waals surface area (Å²) in [4.78, 5) is 32.3. The number of rotatable bonds is 7. The number of carbonyl (C=O) groups excluding carboxylic acids is 1. The van der Waals surface area contributed by atoms with Gasteiger partial charge in [0.1, 0.15) is 5.75 Å². The summed E-state index contributed by atoms with van der Waals surface area (Å²) in [6.07, 6.45) is 3.21. The number of piperidine rings is 1. The number of aryl methyl sites for hydroxylation is 1. The number of hydrogen-bond donors (Lipinski definition) is 1. The van der Waals surface area contributed by atoms with Crippen LogP contribution in [0.3, 0.4) is 0 Å². The molecule has 3 aromatic rings. The molecule has 1 saturated heterocycles. The van der Waals surface area contributed by atoms with E-state index < -0.39 is 0 Å². The van der Waals surface area contributed by atoms with Crippen LogP contribution in [0.2, 0.25) is 0 Å². The van der Waals surface area contributed by atoms with Gasteiger partial charge >= 0.3 is 0 Å². The van der Waals surface area contributed by atoms with Crippen molar-refractivity contribution in [2.24, 2.45) is 5.92 Å². The fourth-order valence-corrected chi connectivity index (χ4v) is 4.71. The van der Waals surface area contributed by atoms with Crippen LogP contribution in [-0.4, -0.2) is 40.2 Å². The maximum Gasteiger partial charge on any atom is 0.275 e. The summed E-state index contributed by atoms with van der Waals surface area (Å²) >= 11 is 1.43. The number of benzene rings is 1. The van der Waals surface area contributed by atoms with Crippen molar-refractivity contribution < 1.29 is 9.53 Å². The normalized spacial score (nSPS) is 14.7. The summed E-state index contributed by atoms with van der Waals surface area (Å²) in [5, 5.41) is 8.25. The summed E-state index contributed by atoms with van der Waals surface area (Å²) < 4.78 is 6.81. The van der Waals surface area contributed by atoms with Crippen LogP contribution in [0.5, 0.6) is 5.75 Å². The van der Waals surface area contributed by atoms with E-state index in [0.29, 0.717) is 11.6 Å². The van der Waals surface area contributed by atoms with Gasteiger partial charge in [-0.15, -0.1) is 5.10 Å². The van der Waals surface area contributed by atoms with Crippen molar-refractivity contribution in [1.82, 2.24) is 14.6 Å². The van der Waals surface area contributed by atoms with E-state index in [-0.39, 0.29) is 17.4 Å². The van der Waals surface area contributed by atoms with E-state index in [1.165, 1.54) is 15.9 Å². The second-order valence-corrected chi connectivity index (χ2v) is 8.56. The largest absolute Gasteiger partial charge is 0.494 e. The molecular formula is C22H27N5O3S. The lowest BCUT2D eigenvalue weighted by Crippen LogP contribution is -2.38. The third kappa shape index (κ3) is 4.87. The number of hydrogen-bond acceptors (Lipinski definition) is 7. The molecule has 3 heterocycles. The van der Waals surface area contributed by atoms with Crippen molar-refractivity contribution in [1.29, 1.82) is 0 Å². The molecule has 164 valence electrons. The van der Waals surface area contributed by atoms with Crippen molar-refractivity contribution in [2.45, 2.75) is 39.5 Å². The van der Waals surface area contributed by atoms with E-state index in [1.54, 1.807) is 6.07 Å². The first-order valence-corrected chi connectivity index (χ1v) is 11.6. The van der Waals surface area contributed by atoms with Crippen LogP contribution in [0, 0.1) is 5.92 Å². The van der Waals surface area contributed by atoms with Gasteiger partial charge in [-0.3, -0.25) is 9.59 Å². The molecule has 0 spiro atoms. The first-order chi connectivity index (χ1) is 15.1. The van der Waals surface area contributed by atoms with Crippen molar-refractivity contribution in [3.05, 3.63) is 46.4 Å². The smallest absolute Gasteiger partial charge is 0.275 e. The molecule has 2 aromatic heterocycles. The molecule has 4 rings (SSSR count). The van der Waals surface area contributed by atoms with Crippen molar-refractivity contribution >= 4 is 33.0 Å². The fourth-order valence-electron chi connectivity index (χ4n) is 3.74. The Hall–Kier alpha value is -2.94. The zero-order chi connectivity index (χ0) is 21.8. The van der Waals surface area contributed by atoms with Crippen LogP contribution in [0.4, 0.5) is 10.8 Å². The molecule has 0 unspecified atom stereocenters. The molecule has 1 N–H and O–H groups in total. The predicted octanol–water partition coefficient (Wildman–Crippen LogP) is 3.36. The highest BCUT2D eigenvalue weighted by Crippen LogP contribution is 2.27. The third-order valence-corrected chi connectivity index (χ3v) is 6.33. The number of anilines is 2. The van der Waals surface area contributed by atoms with Gasteiger partial charge in [-0.2, -0.15) is 4.52 Å². The second kappa shape index (κ2) is 9.47. The second-order valence-electron chi connectivity index (χ2n) is 7.62. The van der Waals surface area contributed by atoms with Gasteiger partial charge < -0.3 is 15.0 Å². The molecule has 9 heteroatoms. The Bertz CT molecular complexity index is 1100. The van der Waals surface area contributed by atoms with Crippen molar-refractivity contribution in [2.75, 3.05) is 29.9 Å². The Kier molecular flexibility index (Phi) is 6.50. The third-order valence-electron chi connectivity index (χ3n) is 5.36. The Labute approximate surface area is 184 Å². The maximum atomic E-state index is 12.7. The Morgan fingerprint density at radius 3 is 2.65 bits per heavy atom. The minimum absolute atomic E-state index is 0.0372. The summed E-state index contributed by atoms with van der Waals surface area (Å²) in [6, 6.07) is 9.00. The zero-order valence-corrected chi connectivity index (χ0v) is 18.7. The molecule has 0 radical (unpaired) electrons.